The van der Waals surface area contributed by atoms with E-state index in [-0.39, 0.29) is 30.1 Å². The summed E-state index contributed by atoms with van der Waals surface area (Å²) in [6.07, 6.45) is 1.77. The topological polar surface area (TPSA) is 57.6 Å². The van der Waals surface area contributed by atoms with Crippen molar-refractivity contribution in [3.05, 3.63) is 21.9 Å². The summed E-state index contributed by atoms with van der Waals surface area (Å²) in [5.41, 5.74) is 1.25. The molecular formula is C13H19NO3S2. The average molecular weight is 301 g/mol. The number of fused-ring (bicyclic) bond motifs is 1. The van der Waals surface area contributed by atoms with Gasteiger partial charge in [0.1, 0.15) is 5.75 Å². The van der Waals surface area contributed by atoms with E-state index in [1.54, 1.807) is 11.3 Å². The van der Waals surface area contributed by atoms with Crippen molar-refractivity contribution in [1.82, 2.24) is 4.90 Å². The minimum Gasteiger partial charge on any atom is -0.395 e. The fourth-order valence-corrected chi connectivity index (χ4v) is 4.25. The molecule has 2 rings (SSSR count). The number of aliphatic hydroxyl groups is 1. The first-order chi connectivity index (χ1) is 9.17. The Bertz CT molecular complexity index is 472. The molecule has 0 saturated heterocycles. The fourth-order valence-electron chi connectivity index (χ4n) is 2.53. The Kier molecular flexibility index (Phi) is 5.13. The van der Waals surface area contributed by atoms with Gasteiger partial charge in [0.2, 0.25) is 5.91 Å². The van der Waals surface area contributed by atoms with Crippen molar-refractivity contribution in [2.75, 3.05) is 24.7 Å². The van der Waals surface area contributed by atoms with E-state index in [9.17, 15) is 9.00 Å². The van der Waals surface area contributed by atoms with Gasteiger partial charge in [0.25, 0.3) is 0 Å². The van der Waals surface area contributed by atoms with Crippen LogP contribution >= 0.6 is 11.3 Å². The highest BCUT2D eigenvalue weighted by atomic mass is 32.2. The molecule has 0 radical (unpaired) electrons. The van der Waals surface area contributed by atoms with Crippen LogP contribution in [-0.4, -0.2) is 44.8 Å². The molecule has 1 aromatic heterocycles. The van der Waals surface area contributed by atoms with Crippen molar-refractivity contribution in [2.24, 2.45) is 0 Å². The second-order valence-electron chi connectivity index (χ2n) is 4.57. The Morgan fingerprint density at radius 2 is 2.42 bits per heavy atom. The van der Waals surface area contributed by atoms with Gasteiger partial charge in [-0.3, -0.25) is 9.00 Å². The highest BCUT2D eigenvalue weighted by molar-refractivity contribution is 7.85. The number of carbonyl (C=O) groups excluding carboxylic acids is 1. The summed E-state index contributed by atoms with van der Waals surface area (Å²) in [6, 6.07) is 2.21. The molecular weight excluding hydrogens is 282 g/mol. The zero-order valence-corrected chi connectivity index (χ0v) is 12.6. The number of hydrogen-bond donors (Lipinski definition) is 1. The molecule has 2 atom stereocenters. The molecule has 2 heterocycles. The zero-order chi connectivity index (χ0) is 13.8. The van der Waals surface area contributed by atoms with Crippen LogP contribution in [0.1, 0.15) is 29.8 Å². The van der Waals surface area contributed by atoms with E-state index < -0.39 is 10.8 Å². The normalized spacial score (nSPS) is 20.1. The van der Waals surface area contributed by atoms with Crippen LogP contribution < -0.4 is 0 Å². The van der Waals surface area contributed by atoms with Crippen LogP contribution in [0.2, 0.25) is 0 Å². The van der Waals surface area contributed by atoms with Crippen molar-refractivity contribution in [1.29, 1.82) is 0 Å². The summed E-state index contributed by atoms with van der Waals surface area (Å²) < 4.78 is 11.6. The van der Waals surface area contributed by atoms with Gasteiger partial charge in [0.15, 0.2) is 0 Å². The van der Waals surface area contributed by atoms with E-state index in [0.29, 0.717) is 6.54 Å². The van der Waals surface area contributed by atoms with E-state index in [4.69, 9.17) is 5.11 Å². The van der Waals surface area contributed by atoms with Gasteiger partial charge in [0, 0.05) is 28.0 Å². The summed E-state index contributed by atoms with van der Waals surface area (Å²) in [7, 11) is -1.26. The Hall–Kier alpha value is -0.720. The second-order valence-corrected chi connectivity index (χ2v) is 7.15. The van der Waals surface area contributed by atoms with Gasteiger partial charge in [-0.2, -0.15) is 0 Å². The number of hydrogen-bond acceptors (Lipinski definition) is 4. The smallest absolute Gasteiger partial charge is 0.235 e. The molecule has 1 amide bonds. The van der Waals surface area contributed by atoms with Crippen molar-refractivity contribution >= 4 is 28.0 Å². The molecule has 2 unspecified atom stereocenters. The maximum Gasteiger partial charge on any atom is 0.235 e. The molecule has 4 nitrogen and oxygen atoms in total. The molecule has 0 bridgehead atoms. The molecule has 6 heteroatoms. The number of aliphatic hydroxyl groups excluding tert-OH is 1. The lowest BCUT2D eigenvalue weighted by molar-refractivity contribution is -0.131. The van der Waals surface area contributed by atoms with Gasteiger partial charge >= 0.3 is 0 Å². The van der Waals surface area contributed by atoms with Crippen molar-refractivity contribution in [3.63, 3.8) is 0 Å². The predicted octanol–water partition coefficient (Wildman–Crippen LogP) is 1.32. The first-order valence-electron chi connectivity index (χ1n) is 6.49. The predicted molar refractivity (Wildman–Crippen MR) is 77.7 cm³/mol. The number of carbonyl (C=O) groups is 1. The summed E-state index contributed by atoms with van der Waals surface area (Å²) in [4.78, 5) is 15.5. The fraction of sp³-hybridized carbons (Fsp3) is 0.615. The molecule has 0 fully saturated rings. The van der Waals surface area contributed by atoms with Crippen LogP contribution in [0, 0.1) is 0 Å². The summed E-state index contributed by atoms with van der Waals surface area (Å²) in [6.45, 7) is 2.65. The van der Waals surface area contributed by atoms with E-state index in [0.717, 1.165) is 12.8 Å². The number of amides is 1. The molecule has 0 saturated carbocycles. The van der Waals surface area contributed by atoms with E-state index in [1.807, 2.05) is 4.90 Å². The Labute approximate surface area is 119 Å². The van der Waals surface area contributed by atoms with Crippen LogP contribution in [0.3, 0.4) is 0 Å². The lowest BCUT2D eigenvalue weighted by Crippen LogP contribution is -2.41. The zero-order valence-electron chi connectivity index (χ0n) is 11.0. The molecule has 0 aliphatic carbocycles. The highest BCUT2D eigenvalue weighted by Crippen LogP contribution is 2.35. The third-order valence-electron chi connectivity index (χ3n) is 3.41. The summed E-state index contributed by atoms with van der Waals surface area (Å²) in [5, 5.41) is 10.8. The van der Waals surface area contributed by atoms with Gasteiger partial charge in [-0.15, -0.1) is 11.3 Å². The first kappa shape index (κ1) is 14.7. The average Bonchev–Trinajstić information content (AvgIpc) is 2.85. The summed E-state index contributed by atoms with van der Waals surface area (Å²) >= 11 is 1.75. The number of nitrogens with zero attached hydrogens (tertiary/aromatic N) is 1. The molecule has 1 aliphatic heterocycles. The summed E-state index contributed by atoms with van der Waals surface area (Å²) in [5.74, 6) is 0.145. The van der Waals surface area contributed by atoms with Crippen LogP contribution in [-0.2, 0) is 22.0 Å². The van der Waals surface area contributed by atoms with Gasteiger partial charge in [-0.25, -0.2) is 0 Å². The van der Waals surface area contributed by atoms with Gasteiger partial charge in [0.05, 0.1) is 12.6 Å². The molecule has 0 aromatic carbocycles. The minimum absolute atomic E-state index is 0.0243. The van der Waals surface area contributed by atoms with Crippen molar-refractivity contribution in [3.8, 4) is 0 Å². The highest BCUT2D eigenvalue weighted by Gasteiger charge is 2.30. The van der Waals surface area contributed by atoms with Crippen LogP contribution in [0.25, 0.3) is 0 Å². The van der Waals surface area contributed by atoms with Gasteiger partial charge < -0.3 is 10.0 Å². The maximum absolute atomic E-state index is 12.2. The largest absolute Gasteiger partial charge is 0.395 e. The van der Waals surface area contributed by atoms with Crippen LogP contribution in [0.4, 0.5) is 0 Å². The molecule has 19 heavy (non-hydrogen) atoms. The van der Waals surface area contributed by atoms with Crippen LogP contribution in [0.15, 0.2) is 11.4 Å². The van der Waals surface area contributed by atoms with E-state index in [1.165, 1.54) is 10.4 Å². The van der Waals surface area contributed by atoms with E-state index in [2.05, 4.69) is 18.4 Å². The quantitative estimate of drug-likeness (QED) is 0.892. The molecule has 1 aliphatic rings. The Morgan fingerprint density at radius 1 is 1.63 bits per heavy atom. The third kappa shape index (κ3) is 3.24. The SMILES string of the molecule is CCC1c2ccsc2CCN1C(=O)CS(=O)CCO. The molecule has 1 N–H and O–H groups in total. The van der Waals surface area contributed by atoms with Gasteiger partial charge in [-0.1, -0.05) is 6.92 Å². The Morgan fingerprint density at radius 3 is 3.11 bits per heavy atom. The van der Waals surface area contributed by atoms with Crippen molar-refractivity contribution < 1.29 is 14.1 Å². The van der Waals surface area contributed by atoms with Crippen molar-refractivity contribution in [2.45, 2.75) is 25.8 Å². The molecule has 106 valence electrons. The second kappa shape index (κ2) is 6.63. The Balaban J connectivity index is 2.08. The standard InChI is InChI=1S/C13H19NO3S2/c1-2-11-10-4-7-18-12(10)3-5-14(11)13(16)9-19(17)8-6-15/h4,7,11,15H,2-3,5-6,8-9H2,1H3. The lowest BCUT2D eigenvalue weighted by atomic mass is 9.98. The monoisotopic (exact) mass is 301 g/mol. The maximum atomic E-state index is 12.2. The van der Waals surface area contributed by atoms with E-state index >= 15 is 0 Å². The minimum atomic E-state index is -1.26. The number of thiophene rings is 1. The molecule has 1 aromatic rings. The van der Waals surface area contributed by atoms with Gasteiger partial charge in [-0.05, 0) is 29.9 Å². The lowest BCUT2D eigenvalue weighted by Gasteiger charge is -2.35. The number of rotatable bonds is 5. The van der Waals surface area contributed by atoms with Crippen LogP contribution in [0.5, 0.6) is 0 Å². The first-order valence-corrected chi connectivity index (χ1v) is 8.85. The molecule has 0 spiro atoms. The third-order valence-corrected chi connectivity index (χ3v) is 5.61.